The fourth-order valence-electron chi connectivity index (χ4n) is 3.23. The van der Waals surface area contributed by atoms with Gasteiger partial charge in [-0.1, -0.05) is 13.8 Å². The predicted octanol–water partition coefficient (Wildman–Crippen LogP) is 3.46. The minimum absolute atomic E-state index is 0.175. The Labute approximate surface area is 141 Å². The lowest BCUT2D eigenvalue weighted by Crippen LogP contribution is -2.45. The molecule has 1 saturated heterocycles. The monoisotopic (exact) mass is 332 g/mol. The van der Waals surface area contributed by atoms with Crippen LogP contribution in [0.1, 0.15) is 44.4 Å². The van der Waals surface area contributed by atoms with Gasteiger partial charge in [0.25, 0.3) is 0 Å². The van der Waals surface area contributed by atoms with Crippen molar-refractivity contribution < 1.29 is 4.79 Å². The summed E-state index contributed by atoms with van der Waals surface area (Å²) in [6.45, 7) is 5.49. The average molecular weight is 332 g/mol. The van der Waals surface area contributed by atoms with Crippen molar-refractivity contribution in [2.45, 2.75) is 52.0 Å². The van der Waals surface area contributed by atoms with E-state index in [0.29, 0.717) is 12.6 Å². The zero-order chi connectivity index (χ0) is 16.2. The third kappa shape index (κ3) is 3.47. The molecule has 3 rings (SSSR count). The number of aromatic nitrogens is 2. The van der Waals surface area contributed by atoms with Crippen LogP contribution in [0.4, 0.5) is 5.82 Å². The first kappa shape index (κ1) is 16.2. The number of nitrogens with zero attached hydrogens (tertiary/aromatic N) is 3. The van der Waals surface area contributed by atoms with E-state index in [0.717, 1.165) is 48.3 Å². The fourth-order valence-corrected chi connectivity index (χ4v) is 4.17. The molecule has 0 aliphatic carbocycles. The first-order valence-corrected chi connectivity index (χ1v) is 9.31. The Morgan fingerprint density at radius 3 is 3.04 bits per heavy atom. The van der Waals surface area contributed by atoms with Crippen molar-refractivity contribution in [3.05, 3.63) is 17.3 Å². The molecule has 1 N–H and O–H groups in total. The number of amides is 1. The SMILES string of the molecule is CCc1cc2c(NCC(=O)N3CCCCC3CC)ncnc2s1. The first-order chi connectivity index (χ1) is 11.2. The molecular weight excluding hydrogens is 308 g/mol. The molecule has 0 radical (unpaired) electrons. The Bertz CT molecular complexity index is 684. The topological polar surface area (TPSA) is 58.1 Å². The number of hydrogen-bond acceptors (Lipinski definition) is 5. The summed E-state index contributed by atoms with van der Waals surface area (Å²) in [5, 5.41) is 4.25. The van der Waals surface area contributed by atoms with Crippen LogP contribution in [0.25, 0.3) is 10.2 Å². The largest absolute Gasteiger partial charge is 0.360 e. The quantitative estimate of drug-likeness (QED) is 0.911. The Morgan fingerprint density at radius 2 is 2.26 bits per heavy atom. The maximum atomic E-state index is 12.6. The number of rotatable bonds is 5. The Hall–Kier alpha value is -1.69. The van der Waals surface area contributed by atoms with Gasteiger partial charge in [0.1, 0.15) is 17.0 Å². The number of nitrogens with one attached hydrogen (secondary N) is 1. The second-order valence-corrected chi connectivity index (χ2v) is 7.12. The second kappa shape index (κ2) is 7.25. The van der Waals surface area contributed by atoms with Gasteiger partial charge in [0.2, 0.25) is 5.91 Å². The summed E-state index contributed by atoms with van der Waals surface area (Å²) < 4.78 is 0. The second-order valence-electron chi connectivity index (χ2n) is 6.01. The van der Waals surface area contributed by atoms with Gasteiger partial charge in [0.05, 0.1) is 11.9 Å². The maximum absolute atomic E-state index is 12.6. The van der Waals surface area contributed by atoms with Crippen LogP contribution in [-0.2, 0) is 11.2 Å². The molecule has 3 heterocycles. The number of carbonyl (C=O) groups is 1. The van der Waals surface area contributed by atoms with Crippen LogP contribution in [0.3, 0.4) is 0 Å². The number of piperidine rings is 1. The van der Waals surface area contributed by atoms with Gasteiger partial charge in [-0.2, -0.15) is 0 Å². The average Bonchev–Trinajstić information content (AvgIpc) is 3.03. The summed E-state index contributed by atoms with van der Waals surface area (Å²) in [6.07, 6.45) is 7.08. The van der Waals surface area contributed by atoms with E-state index < -0.39 is 0 Å². The Morgan fingerprint density at radius 1 is 1.39 bits per heavy atom. The standard InChI is InChI=1S/C17H24N4OS/c1-3-12-7-5-6-8-21(12)15(22)10-18-16-14-9-13(4-2)23-17(14)20-11-19-16/h9,11-12H,3-8,10H2,1-2H3,(H,18,19,20). The molecule has 1 aliphatic rings. The molecule has 2 aromatic heterocycles. The summed E-state index contributed by atoms with van der Waals surface area (Å²) in [6, 6.07) is 2.53. The van der Waals surface area contributed by atoms with Crippen LogP contribution in [-0.4, -0.2) is 39.9 Å². The van der Waals surface area contributed by atoms with Crippen LogP contribution in [0.2, 0.25) is 0 Å². The first-order valence-electron chi connectivity index (χ1n) is 8.49. The molecular formula is C17H24N4OS. The Kier molecular flexibility index (Phi) is 5.10. The van der Waals surface area contributed by atoms with E-state index in [4.69, 9.17) is 0 Å². The minimum atomic E-state index is 0.175. The summed E-state index contributed by atoms with van der Waals surface area (Å²) in [5.41, 5.74) is 0. The van der Waals surface area contributed by atoms with E-state index in [1.807, 2.05) is 4.90 Å². The van der Waals surface area contributed by atoms with Gasteiger partial charge in [-0.3, -0.25) is 4.79 Å². The van der Waals surface area contributed by atoms with Gasteiger partial charge in [-0.15, -0.1) is 11.3 Å². The van der Waals surface area contributed by atoms with E-state index in [-0.39, 0.29) is 5.91 Å². The smallest absolute Gasteiger partial charge is 0.242 e. The summed E-state index contributed by atoms with van der Waals surface area (Å²) in [4.78, 5) is 25.5. The molecule has 0 saturated carbocycles. The van der Waals surface area contributed by atoms with E-state index >= 15 is 0 Å². The molecule has 5 nitrogen and oxygen atoms in total. The van der Waals surface area contributed by atoms with Crippen LogP contribution in [0.15, 0.2) is 12.4 Å². The maximum Gasteiger partial charge on any atom is 0.242 e. The highest BCUT2D eigenvalue weighted by atomic mass is 32.1. The third-order valence-electron chi connectivity index (χ3n) is 4.55. The fraction of sp³-hybridized carbons (Fsp3) is 0.588. The number of hydrogen-bond donors (Lipinski definition) is 1. The van der Waals surface area contributed by atoms with Gasteiger partial charge in [-0.05, 0) is 38.2 Å². The highest BCUT2D eigenvalue weighted by Gasteiger charge is 2.25. The molecule has 1 aliphatic heterocycles. The van der Waals surface area contributed by atoms with Gasteiger partial charge < -0.3 is 10.2 Å². The van der Waals surface area contributed by atoms with Crippen molar-refractivity contribution in [3.63, 3.8) is 0 Å². The molecule has 2 aromatic rings. The molecule has 1 unspecified atom stereocenters. The van der Waals surface area contributed by atoms with Crippen molar-refractivity contribution >= 4 is 33.3 Å². The lowest BCUT2D eigenvalue weighted by molar-refractivity contribution is -0.133. The van der Waals surface area contributed by atoms with E-state index in [1.165, 1.54) is 11.3 Å². The minimum Gasteiger partial charge on any atom is -0.360 e. The molecule has 0 bridgehead atoms. The van der Waals surface area contributed by atoms with Crippen molar-refractivity contribution in [3.8, 4) is 0 Å². The Balaban J connectivity index is 1.70. The number of fused-ring (bicyclic) bond motifs is 1. The molecule has 0 aromatic carbocycles. The highest BCUT2D eigenvalue weighted by molar-refractivity contribution is 7.18. The zero-order valence-electron chi connectivity index (χ0n) is 13.8. The van der Waals surface area contributed by atoms with E-state index in [9.17, 15) is 4.79 Å². The van der Waals surface area contributed by atoms with Gasteiger partial charge in [-0.25, -0.2) is 9.97 Å². The summed E-state index contributed by atoms with van der Waals surface area (Å²) >= 11 is 1.69. The van der Waals surface area contributed by atoms with Crippen molar-refractivity contribution in [2.75, 3.05) is 18.4 Å². The van der Waals surface area contributed by atoms with Crippen LogP contribution in [0.5, 0.6) is 0 Å². The number of thiophene rings is 1. The lowest BCUT2D eigenvalue weighted by atomic mass is 10.00. The summed E-state index contributed by atoms with van der Waals surface area (Å²) in [5.74, 6) is 0.943. The van der Waals surface area contributed by atoms with Gasteiger partial charge in [0.15, 0.2) is 0 Å². The van der Waals surface area contributed by atoms with Gasteiger partial charge >= 0.3 is 0 Å². The molecule has 1 fully saturated rings. The number of anilines is 1. The van der Waals surface area contributed by atoms with Crippen molar-refractivity contribution in [2.24, 2.45) is 0 Å². The van der Waals surface area contributed by atoms with E-state index in [1.54, 1.807) is 17.7 Å². The van der Waals surface area contributed by atoms with Crippen LogP contribution < -0.4 is 5.32 Å². The predicted molar refractivity (Wildman–Crippen MR) is 94.9 cm³/mol. The molecule has 1 atom stereocenters. The van der Waals surface area contributed by atoms with E-state index in [2.05, 4.69) is 35.2 Å². The van der Waals surface area contributed by atoms with Crippen molar-refractivity contribution in [1.29, 1.82) is 0 Å². The van der Waals surface area contributed by atoms with Gasteiger partial charge in [0, 0.05) is 17.5 Å². The number of aryl methyl sites for hydroxylation is 1. The number of likely N-dealkylation sites (tertiary alicyclic amines) is 1. The van der Waals surface area contributed by atoms with Crippen LogP contribution >= 0.6 is 11.3 Å². The molecule has 23 heavy (non-hydrogen) atoms. The normalized spacial score (nSPS) is 18.3. The zero-order valence-corrected chi connectivity index (χ0v) is 14.7. The van der Waals surface area contributed by atoms with Crippen molar-refractivity contribution in [1.82, 2.24) is 14.9 Å². The van der Waals surface area contributed by atoms with Crippen LogP contribution in [0, 0.1) is 0 Å². The molecule has 1 amide bonds. The lowest BCUT2D eigenvalue weighted by Gasteiger charge is -2.35. The molecule has 6 heteroatoms. The number of carbonyl (C=O) groups excluding carboxylic acids is 1. The summed E-state index contributed by atoms with van der Waals surface area (Å²) in [7, 11) is 0. The third-order valence-corrected chi connectivity index (χ3v) is 5.74. The molecule has 0 spiro atoms. The highest BCUT2D eigenvalue weighted by Crippen LogP contribution is 2.28. The molecule has 124 valence electrons.